The van der Waals surface area contributed by atoms with Crippen LogP contribution in [0.4, 0.5) is 0 Å². The van der Waals surface area contributed by atoms with Crippen LogP contribution in [0.15, 0.2) is 0 Å². The van der Waals surface area contributed by atoms with Crippen molar-refractivity contribution in [2.45, 2.75) is 98.1 Å². The van der Waals surface area contributed by atoms with Crippen molar-refractivity contribution >= 4 is 11.8 Å². The third-order valence-electron chi connectivity index (χ3n) is 9.23. The molecule has 7 atom stereocenters. The number of nitrogens with one attached hydrogen (secondary N) is 1. The monoisotopic (exact) mass is 388 g/mol. The van der Waals surface area contributed by atoms with E-state index >= 15 is 0 Å². The van der Waals surface area contributed by atoms with Gasteiger partial charge in [0.15, 0.2) is 0 Å². The average molecular weight is 389 g/mol. The summed E-state index contributed by atoms with van der Waals surface area (Å²) in [6, 6.07) is 0.507. The molecule has 3 saturated carbocycles. The first kappa shape index (κ1) is 20.2. The Kier molecular flexibility index (Phi) is 5.07. The molecule has 2 amide bonds. The number of piperidine rings is 1. The van der Waals surface area contributed by atoms with E-state index in [1.807, 2.05) is 0 Å². The Morgan fingerprint density at radius 1 is 1.21 bits per heavy atom. The molecule has 28 heavy (non-hydrogen) atoms. The standard InChI is InChI=1S/C24H40N2O2/c1-6-26-19-10-9-16-18-8-7-12-23(18,4)14-17(22(28)25-15(2)3)21(16)24(19,5)13-11-20(26)27/h15-19,21H,6-14H2,1-5H3,(H,25,28)/t16-,17?,18-,19?,21-,23-,24-/m0/s1. The third kappa shape index (κ3) is 2.92. The average Bonchev–Trinajstić information content (AvgIpc) is 3.02. The van der Waals surface area contributed by atoms with Gasteiger partial charge in [-0.3, -0.25) is 9.59 Å². The van der Waals surface area contributed by atoms with Crippen LogP contribution in [0.25, 0.3) is 0 Å². The predicted octanol–water partition coefficient (Wildman–Crippen LogP) is 4.38. The molecule has 0 radical (unpaired) electrons. The van der Waals surface area contributed by atoms with Crippen LogP contribution in [-0.4, -0.2) is 35.3 Å². The summed E-state index contributed by atoms with van der Waals surface area (Å²) in [5.41, 5.74) is 0.411. The Hall–Kier alpha value is -1.06. The van der Waals surface area contributed by atoms with Gasteiger partial charge in [-0.1, -0.05) is 20.3 Å². The number of carbonyl (C=O) groups is 2. The summed E-state index contributed by atoms with van der Waals surface area (Å²) in [6.07, 6.45) is 8.93. The number of hydrogen-bond acceptors (Lipinski definition) is 2. The number of likely N-dealkylation sites (tertiary alicyclic amines) is 1. The van der Waals surface area contributed by atoms with E-state index in [2.05, 4.69) is 44.8 Å². The zero-order chi connectivity index (χ0) is 20.3. The number of rotatable bonds is 3. The molecule has 0 bridgehead atoms. The number of hydrogen-bond donors (Lipinski definition) is 1. The molecule has 1 N–H and O–H groups in total. The normalized spacial score (nSPS) is 45.4. The molecule has 0 aromatic carbocycles. The van der Waals surface area contributed by atoms with Crippen LogP contribution in [0.2, 0.25) is 0 Å². The smallest absolute Gasteiger partial charge is 0.223 e. The Morgan fingerprint density at radius 3 is 2.64 bits per heavy atom. The zero-order valence-electron chi connectivity index (χ0n) is 18.6. The van der Waals surface area contributed by atoms with Crippen LogP contribution in [0.1, 0.15) is 86.0 Å². The molecule has 0 aromatic heterocycles. The molecule has 4 heteroatoms. The number of amides is 2. The first-order valence-electron chi connectivity index (χ1n) is 11.8. The quantitative estimate of drug-likeness (QED) is 0.780. The van der Waals surface area contributed by atoms with Crippen LogP contribution >= 0.6 is 0 Å². The second-order valence-electron chi connectivity index (χ2n) is 11.1. The number of carbonyl (C=O) groups excluding carboxylic acids is 2. The summed E-state index contributed by atoms with van der Waals surface area (Å²) in [4.78, 5) is 28.2. The topological polar surface area (TPSA) is 49.4 Å². The van der Waals surface area contributed by atoms with Crippen LogP contribution in [-0.2, 0) is 9.59 Å². The van der Waals surface area contributed by atoms with E-state index in [9.17, 15) is 9.59 Å². The van der Waals surface area contributed by atoms with Gasteiger partial charge in [0.2, 0.25) is 11.8 Å². The van der Waals surface area contributed by atoms with Crippen LogP contribution in [0.5, 0.6) is 0 Å². The lowest BCUT2D eigenvalue weighted by molar-refractivity contribution is -0.173. The van der Waals surface area contributed by atoms with Gasteiger partial charge in [-0.2, -0.15) is 0 Å². The second kappa shape index (κ2) is 7.02. The maximum Gasteiger partial charge on any atom is 0.223 e. The Morgan fingerprint density at radius 2 is 1.96 bits per heavy atom. The second-order valence-corrected chi connectivity index (χ2v) is 11.1. The molecular weight excluding hydrogens is 348 g/mol. The molecule has 4 fully saturated rings. The molecule has 4 rings (SSSR count). The highest BCUT2D eigenvalue weighted by molar-refractivity contribution is 5.80. The van der Waals surface area contributed by atoms with Crippen LogP contribution in [0, 0.1) is 34.5 Å². The van der Waals surface area contributed by atoms with E-state index in [0.29, 0.717) is 35.6 Å². The van der Waals surface area contributed by atoms with Gasteiger partial charge < -0.3 is 10.2 Å². The fraction of sp³-hybridized carbons (Fsp3) is 0.917. The van der Waals surface area contributed by atoms with E-state index in [1.54, 1.807) is 0 Å². The van der Waals surface area contributed by atoms with Gasteiger partial charge in [-0.05, 0) is 87.9 Å². The van der Waals surface area contributed by atoms with Crippen molar-refractivity contribution in [3.63, 3.8) is 0 Å². The highest BCUT2D eigenvalue weighted by Gasteiger charge is 2.63. The minimum absolute atomic E-state index is 0.0791. The van der Waals surface area contributed by atoms with Crippen LogP contribution < -0.4 is 5.32 Å². The van der Waals surface area contributed by atoms with Crippen molar-refractivity contribution in [2.24, 2.45) is 34.5 Å². The molecular formula is C24H40N2O2. The van der Waals surface area contributed by atoms with Crippen LogP contribution in [0.3, 0.4) is 0 Å². The molecule has 4 nitrogen and oxygen atoms in total. The Bertz CT molecular complexity index is 647. The highest BCUT2D eigenvalue weighted by Crippen LogP contribution is 2.66. The molecule has 0 spiro atoms. The zero-order valence-corrected chi connectivity index (χ0v) is 18.6. The highest BCUT2D eigenvalue weighted by atomic mass is 16.2. The molecule has 1 heterocycles. The summed E-state index contributed by atoms with van der Waals surface area (Å²) >= 11 is 0. The predicted molar refractivity (Wildman–Crippen MR) is 112 cm³/mol. The van der Waals surface area contributed by atoms with Gasteiger partial charge in [0, 0.05) is 31.0 Å². The van der Waals surface area contributed by atoms with Crippen molar-refractivity contribution in [2.75, 3.05) is 6.54 Å². The van der Waals surface area contributed by atoms with Gasteiger partial charge >= 0.3 is 0 Å². The molecule has 158 valence electrons. The Labute approximate surface area is 171 Å². The summed E-state index contributed by atoms with van der Waals surface area (Å²) < 4.78 is 0. The van der Waals surface area contributed by atoms with Crippen molar-refractivity contribution in [1.82, 2.24) is 10.2 Å². The van der Waals surface area contributed by atoms with Gasteiger partial charge in [-0.25, -0.2) is 0 Å². The lowest BCUT2D eigenvalue weighted by Gasteiger charge is -2.63. The fourth-order valence-corrected chi connectivity index (χ4v) is 8.24. The maximum atomic E-state index is 13.4. The lowest BCUT2D eigenvalue weighted by Crippen LogP contribution is -2.65. The molecule has 1 aliphatic heterocycles. The van der Waals surface area contributed by atoms with E-state index in [4.69, 9.17) is 0 Å². The minimum atomic E-state index is 0.0791. The number of nitrogens with zero attached hydrogens (tertiary/aromatic N) is 1. The lowest BCUT2D eigenvalue weighted by atomic mass is 9.44. The largest absolute Gasteiger partial charge is 0.354 e. The van der Waals surface area contributed by atoms with E-state index in [0.717, 1.165) is 31.7 Å². The van der Waals surface area contributed by atoms with E-state index in [-0.39, 0.29) is 23.3 Å². The van der Waals surface area contributed by atoms with Gasteiger partial charge in [0.25, 0.3) is 0 Å². The summed E-state index contributed by atoms with van der Waals surface area (Å²) in [5.74, 6) is 2.55. The molecule has 0 aromatic rings. The van der Waals surface area contributed by atoms with Crippen molar-refractivity contribution in [3.8, 4) is 0 Å². The molecule has 1 saturated heterocycles. The van der Waals surface area contributed by atoms with Crippen molar-refractivity contribution in [1.29, 1.82) is 0 Å². The summed E-state index contributed by atoms with van der Waals surface area (Å²) in [7, 11) is 0. The van der Waals surface area contributed by atoms with E-state index < -0.39 is 0 Å². The molecule has 3 aliphatic carbocycles. The third-order valence-corrected chi connectivity index (χ3v) is 9.23. The maximum absolute atomic E-state index is 13.4. The van der Waals surface area contributed by atoms with Gasteiger partial charge in [0.1, 0.15) is 0 Å². The van der Waals surface area contributed by atoms with Gasteiger partial charge in [0.05, 0.1) is 0 Å². The van der Waals surface area contributed by atoms with E-state index in [1.165, 1.54) is 25.7 Å². The number of fused-ring (bicyclic) bond motifs is 5. The molecule has 4 aliphatic rings. The molecule has 2 unspecified atom stereocenters. The fourth-order valence-electron chi connectivity index (χ4n) is 8.24. The van der Waals surface area contributed by atoms with Gasteiger partial charge in [-0.15, -0.1) is 0 Å². The SMILES string of the molecule is CCN1C(=O)CC[C@@]2(C)C1CC[C@@H]1[C@H]2C(C(=O)NC(C)C)C[C@]2(C)CCC[C@@H]12. The minimum Gasteiger partial charge on any atom is -0.354 e. The first-order valence-corrected chi connectivity index (χ1v) is 11.8. The Balaban J connectivity index is 1.74. The van der Waals surface area contributed by atoms with Crippen molar-refractivity contribution < 1.29 is 9.59 Å². The van der Waals surface area contributed by atoms with Crippen molar-refractivity contribution in [3.05, 3.63) is 0 Å². The summed E-state index contributed by atoms with van der Waals surface area (Å²) in [6.45, 7) is 12.0. The first-order chi connectivity index (χ1) is 13.2. The summed E-state index contributed by atoms with van der Waals surface area (Å²) in [5, 5.41) is 3.27.